The maximum atomic E-state index is 12.5. The van der Waals surface area contributed by atoms with Gasteiger partial charge < -0.3 is 20.3 Å². The van der Waals surface area contributed by atoms with E-state index in [1.54, 1.807) is 6.08 Å². The van der Waals surface area contributed by atoms with E-state index in [2.05, 4.69) is 55.6 Å². The van der Waals surface area contributed by atoms with Gasteiger partial charge in [-0.25, -0.2) is 0 Å². The number of nitrogens with one attached hydrogen (secondary N) is 1. The van der Waals surface area contributed by atoms with Crippen LogP contribution in [0.15, 0.2) is 48.6 Å². The molecule has 0 aliphatic heterocycles. The minimum atomic E-state index is -0.861. The maximum Gasteiger partial charge on any atom is 0.305 e. The molecule has 0 rings (SSSR count). The van der Waals surface area contributed by atoms with Gasteiger partial charge in [0.15, 0.2) is 0 Å². The molecule has 1 amide bonds. The molecule has 0 fully saturated rings. The van der Waals surface area contributed by atoms with Gasteiger partial charge in [-0.2, -0.15) is 0 Å². The van der Waals surface area contributed by atoms with Crippen molar-refractivity contribution < 1.29 is 24.5 Å². The summed E-state index contributed by atoms with van der Waals surface area (Å²) < 4.78 is 5.44. The van der Waals surface area contributed by atoms with Crippen LogP contribution >= 0.6 is 0 Å². The smallest absolute Gasteiger partial charge is 0.305 e. The number of rotatable bonds is 57. The monoisotopic (exact) mass is 982 g/mol. The summed E-state index contributed by atoms with van der Waals surface area (Å²) in [6, 6.07) is -0.647. The zero-order valence-electron chi connectivity index (χ0n) is 46.7. The number of unbranched alkanes of at least 4 members (excludes halogenated alkanes) is 41. The van der Waals surface area contributed by atoms with Gasteiger partial charge in [0, 0.05) is 12.8 Å². The van der Waals surface area contributed by atoms with Crippen LogP contribution in [-0.2, 0) is 14.3 Å². The van der Waals surface area contributed by atoms with Crippen molar-refractivity contribution in [3.63, 3.8) is 0 Å². The van der Waals surface area contributed by atoms with Crippen molar-refractivity contribution in [2.45, 2.75) is 334 Å². The van der Waals surface area contributed by atoms with Gasteiger partial charge in [-0.1, -0.05) is 268 Å². The molecule has 0 saturated carbocycles. The first-order chi connectivity index (χ1) is 34.5. The SMILES string of the molecule is CCCCCC/C=C\CCCCCCCC(=O)OCCCCC/C=C\C=C/CCCCCCCCC(=O)NC(CO)C(O)/C=C/CCCCCCCCCCCCCCCCCCCCCCCCC. The number of hydrogen-bond acceptors (Lipinski definition) is 5. The summed E-state index contributed by atoms with van der Waals surface area (Å²) in [5.74, 6) is -0.121. The Balaban J connectivity index is 3.54. The molecule has 6 heteroatoms. The number of amides is 1. The molecule has 0 saturated heterocycles. The summed E-state index contributed by atoms with van der Waals surface area (Å²) in [5.41, 5.74) is 0. The van der Waals surface area contributed by atoms with E-state index in [-0.39, 0.29) is 18.5 Å². The first-order valence-electron chi connectivity index (χ1n) is 30.9. The molecule has 0 spiro atoms. The summed E-state index contributed by atoms with van der Waals surface area (Å²) in [7, 11) is 0. The molecule has 0 aromatic heterocycles. The van der Waals surface area contributed by atoms with Gasteiger partial charge in [0.1, 0.15) is 0 Å². The minimum Gasteiger partial charge on any atom is -0.466 e. The second kappa shape index (κ2) is 59.4. The van der Waals surface area contributed by atoms with Gasteiger partial charge in [-0.15, -0.1) is 0 Å². The van der Waals surface area contributed by atoms with E-state index in [0.29, 0.717) is 19.4 Å². The number of carbonyl (C=O) groups excluding carboxylic acids is 2. The van der Waals surface area contributed by atoms with E-state index in [9.17, 15) is 19.8 Å². The Bertz CT molecular complexity index is 1180. The molecule has 2 atom stereocenters. The highest BCUT2D eigenvalue weighted by atomic mass is 16.5. The fraction of sp³-hybridized carbons (Fsp3) is 0.844. The Morgan fingerprint density at radius 2 is 0.714 bits per heavy atom. The van der Waals surface area contributed by atoms with Crippen molar-refractivity contribution >= 4 is 11.9 Å². The van der Waals surface area contributed by atoms with E-state index in [0.717, 1.165) is 77.0 Å². The molecule has 0 radical (unpaired) electrons. The molecule has 70 heavy (non-hydrogen) atoms. The van der Waals surface area contributed by atoms with Gasteiger partial charge in [0.2, 0.25) is 5.91 Å². The maximum absolute atomic E-state index is 12.5. The third kappa shape index (κ3) is 55.1. The molecular weight excluding hydrogens is 863 g/mol. The van der Waals surface area contributed by atoms with Crippen LogP contribution in [0, 0.1) is 0 Å². The molecule has 0 aromatic carbocycles. The lowest BCUT2D eigenvalue weighted by Gasteiger charge is -2.20. The van der Waals surface area contributed by atoms with Crippen molar-refractivity contribution in [1.82, 2.24) is 5.32 Å². The first-order valence-corrected chi connectivity index (χ1v) is 30.9. The average Bonchev–Trinajstić information content (AvgIpc) is 3.36. The Morgan fingerprint density at radius 1 is 0.400 bits per heavy atom. The first kappa shape index (κ1) is 67.8. The van der Waals surface area contributed by atoms with E-state index < -0.39 is 12.1 Å². The summed E-state index contributed by atoms with van der Waals surface area (Å²) in [6.45, 7) is 4.84. The molecule has 0 heterocycles. The summed E-state index contributed by atoms with van der Waals surface area (Å²) in [5, 5.41) is 23.2. The standard InChI is InChI=1S/C64H119NO5/c1-3-5-7-9-11-13-15-17-18-19-20-21-22-23-24-25-26-27-29-33-36-40-44-48-52-56-62(67)61(60-66)65-63(68)57-53-49-45-41-37-34-30-28-31-35-39-43-47-51-55-59-70-64(69)58-54-50-46-42-38-32-16-14-12-10-8-6-4-2/h14,16,28,31,35,39,52,56,61-62,66-67H,3-13,15,17-27,29-30,32-34,36-38,40-51,53-55,57-60H2,1-2H3,(H,65,68)/b16-14-,31-28-,39-35-,56-52+. The molecule has 6 nitrogen and oxygen atoms in total. The van der Waals surface area contributed by atoms with Crippen molar-refractivity contribution in [3.05, 3.63) is 48.6 Å². The molecule has 0 aromatic rings. The molecule has 0 aliphatic carbocycles. The third-order valence-electron chi connectivity index (χ3n) is 14.1. The number of ether oxygens (including phenoxy) is 1. The molecule has 0 aliphatic rings. The molecule has 410 valence electrons. The topological polar surface area (TPSA) is 95.9 Å². The highest BCUT2D eigenvalue weighted by Crippen LogP contribution is 2.17. The highest BCUT2D eigenvalue weighted by molar-refractivity contribution is 5.76. The Hall–Kier alpha value is -2.18. The fourth-order valence-electron chi connectivity index (χ4n) is 9.33. The lowest BCUT2D eigenvalue weighted by atomic mass is 10.0. The number of hydrogen-bond donors (Lipinski definition) is 3. The lowest BCUT2D eigenvalue weighted by molar-refractivity contribution is -0.143. The number of aliphatic hydroxyl groups excluding tert-OH is 2. The van der Waals surface area contributed by atoms with Crippen LogP contribution < -0.4 is 5.32 Å². The second-order valence-electron chi connectivity index (χ2n) is 21.1. The van der Waals surface area contributed by atoms with E-state index in [1.807, 2.05) is 6.08 Å². The van der Waals surface area contributed by atoms with Gasteiger partial charge in [-0.05, 0) is 89.9 Å². The minimum absolute atomic E-state index is 0.0320. The van der Waals surface area contributed by atoms with Crippen LogP contribution in [0.2, 0.25) is 0 Å². The van der Waals surface area contributed by atoms with Crippen LogP contribution in [-0.4, -0.2) is 47.4 Å². The van der Waals surface area contributed by atoms with Gasteiger partial charge >= 0.3 is 5.97 Å². The number of carbonyl (C=O) groups is 2. The molecule has 2 unspecified atom stereocenters. The number of esters is 1. The van der Waals surface area contributed by atoms with Crippen LogP contribution in [0.3, 0.4) is 0 Å². The number of allylic oxidation sites excluding steroid dienone is 7. The van der Waals surface area contributed by atoms with E-state index in [1.165, 1.54) is 218 Å². The average molecular weight is 983 g/mol. The third-order valence-corrected chi connectivity index (χ3v) is 14.1. The summed E-state index contributed by atoms with van der Waals surface area (Å²) in [4.78, 5) is 24.5. The molecule has 0 bridgehead atoms. The Morgan fingerprint density at radius 3 is 1.11 bits per heavy atom. The fourth-order valence-corrected chi connectivity index (χ4v) is 9.33. The van der Waals surface area contributed by atoms with Crippen molar-refractivity contribution in [1.29, 1.82) is 0 Å². The van der Waals surface area contributed by atoms with Gasteiger partial charge in [0.25, 0.3) is 0 Å². The predicted octanol–water partition coefficient (Wildman–Crippen LogP) is 19.4. The van der Waals surface area contributed by atoms with E-state index >= 15 is 0 Å². The largest absolute Gasteiger partial charge is 0.466 e. The number of aliphatic hydroxyl groups is 2. The van der Waals surface area contributed by atoms with Crippen molar-refractivity contribution in [2.75, 3.05) is 13.2 Å². The Kier molecular flexibility index (Phi) is 57.5. The normalized spacial score (nSPS) is 12.9. The van der Waals surface area contributed by atoms with Crippen molar-refractivity contribution in [3.8, 4) is 0 Å². The second-order valence-corrected chi connectivity index (χ2v) is 21.1. The van der Waals surface area contributed by atoms with Crippen LogP contribution in [0.25, 0.3) is 0 Å². The highest BCUT2D eigenvalue weighted by Gasteiger charge is 2.18. The van der Waals surface area contributed by atoms with Crippen molar-refractivity contribution in [2.24, 2.45) is 0 Å². The van der Waals surface area contributed by atoms with Gasteiger partial charge in [0.05, 0.1) is 25.4 Å². The molecular formula is C64H119NO5. The van der Waals surface area contributed by atoms with Gasteiger partial charge in [-0.3, -0.25) is 9.59 Å². The predicted molar refractivity (Wildman–Crippen MR) is 306 cm³/mol. The Labute approximate surface area is 436 Å². The van der Waals surface area contributed by atoms with Crippen LogP contribution in [0.1, 0.15) is 322 Å². The summed E-state index contributed by atoms with van der Waals surface area (Å²) >= 11 is 0. The van der Waals surface area contributed by atoms with Crippen LogP contribution in [0.4, 0.5) is 0 Å². The quantitative estimate of drug-likeness (QED) is 0.0244. The van der Waals surface area contributed by atoms with Crippen LogP contribution in [0.5, 0.6) is 0 Å². The lowest BCUT2D eigenvalue weighted by Crippen LogP contribution is -2.45. The molecule has 3 N–H and O–H groups in total. The zero-order valence-corrected chi connectivity index (χ0v) is 46.7. The zero-order chi connectivity index (χ0) is 50.7. The summed E-state index contributed by atoms with van der Waals surface area (Å²) in [6.07, 6.45) is 75.8. The van der Waals surface area contributed by atoms with E-state index in [4.69, 9.17) is 4.74 Å².